The minimum Gasteiger partial charge on any atom is -0.310 e. The Labute approximate surface area is 126 Å². The van der Waals surface area contributed by atoms with Crippen LogP contribution >= 0.6 is 0 Å². The van der Waals surface area contributed by atoms with E-state index in [-0.39, 0.29) is 0 Å². The van der Waals surface area contributed by atoms with Crippen molar-refractivity contribution < 1.29 is 0 Å². The molecule has 0 saturated carbocycles. The van der Waals surface area contributed by atoms with E-state index in [9.17, 15) is 0 Å². The van der Waals surface area contributed by atoms with Gasteiger partial charge in [0.1, 0.15) is 0 Å². The number of rotatable bonds is 5. The lowest BCUT2D eigenvalue weighted by molar-refractivity contribution is 0.584. The quantitative estimate of drug-likeness (QED) is 0.917. The largest absolute Gasteiger partial charge is 0.310 e. The van der Waals surface area contributed by atoms with Crippen LogP contribution in [0.15, 0.2) is 24.3 Å². The molecule has 0 aliphatic heterocycles. The number of nitrogens with one attached hydrogen (secondary N) is 1. The zero-order valence-electron chi connectivity index (χ0n) is 13.1. The van der Waals surface area contributed by atoms with Crippen molar-refractivity contribution >= 4 is 0 Å². The fraction of sp³-hybridized carbons (Fsp3) is 0.412. The van der Waals surface area contributed by atoms with E-state index in [2.05, 4.69) is 44.2 Å². The van der Waals surface area contributed by atoms with E-state index in [1.165, 1.54) is 11.3 Å². The lowest BCUT2D eigenvalue weighted by Gasteiger charge is -2.09. The summed E-state index contributed by atoms with van der Waals surface area (Å²) in [5, 5.41) is 16.9. The van der Waals surface area contributed by atoms with Gasteiger partial charge in [-0.2, -0.15) is 10.4 Å². The molecule has 4 heteroatoms. The van der Waals surface area contributed by atoms with Crippen LogP contribution < -0.4 is 5.32 Å². The summed E-state index contributed by atoms with van der Waals surface area (Å²) in [5.74, 6) is 0. The Balaban J connectivity index is 2.16. The molecule has 1 aromatic heterocycles. The fourth-order valence-corrected chi connectivity index (χ4v) is 2.31. The third-order valence-corrected chi connectivity index (χ3v) is 3.63. The monoisotopic (exact) mass is 282 g/mol. The first kappa shape index (κ1) is 15.3. The van der Waals surface area contributed by atoms with Gasteiger partial charge in [0, 0.05) is 23.8 Å². The van der Waals surface area contributed by atoms with E-state index in [1.807, 2.05) is 28.9 Å². The van der Waals surface area contributed by atoms with E-state index < -0.39 is 0 Å². The van der Waals surface area contributed by atoms with Crippen molar-refractivity contribution in [2.24, 2.45) is 0 Å². The number of nitriles is 1. The van der Waals surface area contributed by atoms with Crippen LogP contribution in [0.25, 0.3) is 0 Å². The van der Waals surface area contributed by atoms with Crippen molar-refractivity contribution in [2.75, 3.05) is 0 Å². The van der Waals surface area contributed by atoms with Crippen molar-refractivity contribution in [1.29, 1.82) is 5.26 Å². The molecular weight excluding hydrogens is 260 g/mol. The predicted molar refractivity (Wildman–Crippen MR) is 83.9 cm³/mol. The van der Waals surface area contributed by atoms with Gasteiger partial charge < -0.3 is 5.32 Å². The summed E-state index contributed by atoms with van der Waals surface area (Å²) in [4.78, 5) is 0. The molecule has 0 unspecified atom stereocenters. The highest BCUT2D eigenvalue weighted by atomic mass is 15.3. The first-order valence-corrected chi connectivity index (χ1v) is 7.26. The molecule has 1 N–H and O–H groups in total. The Morgan fingerprint density at radius 1 is 1.24 bits per heavy atom. The summed E-state index contributed by atoms with van der Waals surface area (Å²) in [6, 6.07) is 10.3. The number of hydrogen-bond acceptors (Lipinski definition) is 3. The van der Waals surface area contributed by atoms with Crippen LogP contribution in [-0.2, 0) is 13.1 Å². The minimum absolute atomic E-state index is 0.464. The molecule has 0 aliphatic carbocycles. The molecule has 0 spiro atoms. The van der Waals surface area contributed by atoms with E-state index in [0.717, 1.165) is 24.3 Å². The highest BCUT2D eigenvalue weighted by Gasteiger charge is 2.11. The Morgan fingerprint density at radius 3 is 2.48 bits per heavy atom. The Kier molecular flexibility index (Phi) is 4.77. The second-order valence-electron chi connectivity index (χ2n) is 5.65. The van der Waals surface area contributed by atoms with Crippen LogP contribution in [0.3, 0.4) is 0 Å². The van der Waals surface area contributed by atoms with Crippen molar-refractivity contribution in [1.82, 2.24) is 15.1 Å². The average Bonchev–Trinajstić information content (AvgIpc) is 2.72. The summed E-state index contributed by atoms with van der Waals surface area (Å²) in [7, 11) is 0. The van der Waals surface area contributed by atoms with E-state index in [0.29, 0.717) is 11.6 Å². The van der Waals surface area contributed by atoms with Gasteiger partial charge in [-0.1, -0.05) is 26.0 Å². The third-order valence-electron chi connectivity index (χ3n) is 3.63. The lowest BCUT2D eigenvalue weighted by Crippen LogP contribution is -2.22. The van der Waals surface area contributed by atoms with Crippen LogP contribution in [-0.4, -0.2) is 15.8 Å². The zero-order chi connectivity index (χ0) is 15.4. The maximum atomic E-state index is 8.83. The second kappa shape index (κ2) is 6.55. The van der Waals surface area contributed by atoms with Crippen LogP contribution in [0.4, 0.5) is 0 Å². The maximum Gasteiger partial charge on any atom is 0.0991 e. The number of nitrogens with zero attached hydrogens (tertiary/aromatic N) is 3. The van der Waals surface area contributed by atoms with Crippen LogP contribution in [0, 0.1) is 25.2 Å². The Hall–Kier alpha value is -2.12. The number of aryl methyl sites for hydroxylation is 1. The standard InChI is InChI=1S/C17H22N4/c1-12(2)19-10-17-13(3)20-21(14(17)4)11-16-7-5-15(9-18)6-8-16/h5-8,12,19H,10-11H2,1-4H3. The molecule has 2 rings (SSSR count). The van der Waals surface area contributed by atoms with Crippen LogP contribution in [0.2, 0.25) is 0 Å². The first-order chi connectivity index (χ1) is 10.0. The molecule has 4 nitrogen and oxygen atoms in total. The van der Waals surface area contributed by atoms with Crippen LogP contribution in [0.1, 0.15) is 41.9 Å². The van der Waals surface area contributed by atoms with Crippen molar-refractivity contribution in [3.63, 3.8) is 0 Å². The summed E-state index contributed by atoms with van der Waals surface area (Å²) < 4.78 is 2.04. The molecule has 1 heterocycles. The summed E-state index contributed by atoms with van der Waals surface area (Å²) in [5.41, 5.74) is 5.40. The molecule has 0 radical (unpaired) electrons. The van der Waals surface area contributed by atoms with E-state index in [1.54, 1.807) is 0 Å². The molecule has 0 bridgehead atoms. The van der Waals surface area contributed by atoms with E-state index in [4.69, 9.17) is 5.26 Å². The van der Waals surface area contributed by atoms with Gasteiger partial charge in [-0.15, -0.1) is 0 Å². The summed E-state index contributed by atoms with van der Waals surface area (Å²) in [6.45, 7) is 10.0. The van der Waals surface area contributed by atoms with Crippen molar-refractivity contribution in [3.8, 4) is 6.07 Å². The van der Waals surface area contributed by atoms with E-state index >= 15 is 0 Å². The smallest absolute Gasteiger partial charge is 0.0991 e. The highest BCUT2D eigenvalue weighted by molar-refractivity contribution is 5.32. The molecular formula is C17H22N4. The van der Waals surface area contributed by atoms with Gasteiger partial charge in [-0.05, 0) is 31.5 Å². The number of benzene rings is 1. The summed E-state index contributed by atoms with van der Waals surface area (Å²) in [6.07, 6.45) is 0. The van der Waals surface area contributed by atoms with Gasteiger partial charge in [0.2, 0.25) is 0 Å². The molecule has 0 atom stereocenters. The van der Waals surface area contributed by atoms with Gasteiger partial charge in [0.25, 0.3) is 0 Å². The lowest BCUT2D eigenvalue weighted by atomic mass is 10.1. The number of hydrogen-bond donors (Lipinski definition) is 1. The predicted octanol–water partition coefficient (Wildman–Crippen LogP) is 2.92. The molecule has 21 heavy (non-hydrogen) atoms. The molecule has 0 aliphatic rings. The van der Waals surface area contributed by atoms with Crippen LogP contribution in [0.5, 0.6) is 0 Å². The Morgan fingerprint density at radius 2 is 1.90 bits per heavy atom. The minimum atomic E-state index is 0.464. The molecule has 2 aromatic rings. The van der Waals surface area contributed by atoms with Gasteiger partial charge >= 0.3 is 0 Å². The van der Waals surface area contributed by atoms with Gasteiger partial charge in [0.05, 0.1) is 23.9 Å². The molecule has 1 aromatic carbocycles. The topological polar surface area (TPSA) is 53.6 Å². The third kappa shape index (κ3) is 3.71. The highest BCUT2D eigenvalue weighted by Crippen LogP contribution is 2.15. The SMILES string of the molecule is Cc1nn(Cc2ccc(C#N)cc2)c(C)c1CNC(C)C. The first-order valence-electron chi connectivity index (χ1n) is 7.26. The molecule has 0 amide bonds. The second-order valence-corrected chi connectivity index (χ2v) is 5.65. The van der Waals surface area contributed by atoms with Gasteiger partial charge in [0.15, 0.2) is 0 Å². The number of aromatic nitrogens is 2. The maximum absolute atomic E-state index is 8.83. The molecule has 0 fully saturated rings. The Bertz CT molecular complexity index is 645. The van der Waals surface area contributed by atoms with Gasteiger partial charge in [-0.25, -0.2) is 0 Å². The van der Waals surface area contributed by atoms with Crippen molar-refractivity contribution in [3.05, 3.63) is 52.3 Å². The van der Waals surface area contributed by atoms with Crippen molar-refractivity contribution in [2.45, 2.75) is 46.8 Å². The molecule has 0 saturated heterocycles. The zero-order valence-corrected chi connectivity index (χ0v) is 13.1. The fourth-order valence-electron chi connectivity index (χ4n) is 2.31. The normalized spacial score (nSPS) is 10.9. The summed E-state index contributed by atoms with van der Waals surface area (Å²) >= 11 is 0. The average molecular weight is 282 g/mol. The molecule has 110 valence electrons. The van der Waals surface area contributed by atoms with Gasteiger partial charge in [-0.3, -0.25) is 4.68 Å².